The largest absolute Gasteiger partial charge is 0.339 e. The lowest BCUT2D eigenvalue weighted by Gasteiger charge is -2.21. The minimum Gasteiger partial charge on any atom is -0.339 e. The molecule has 0 saturated heterocycles. The molecule has 3 rings (SSSR count). The van der Waals surface area contributed by atoms with E-state index < -0.39 is 0 Å². The first kappa shape index (κ1) is 13.2. The van der Waals surface area contributed by atoms with Gasteiger partial charge < -0.3 is 10.3 Å². The zero-order valence-electron chi connectivity index (χ0n) is 11.3. The van der Waals surface area contributed by atoms with Crippen LogP contribution in [0.2, 0.25) is 0 Å². The average Bonchev–Trinajstić information content (AvgIpc) is 3.11. The topological polar surface area (TPSA) is 64.9 Å². The summed E-state index contributed by atoms with van der Waals surface area (Å²) >= 11 is 0. The molecule has 1 heterocycles. The molecule has 0 aliphatic heterocycles. The van der Waals surface area contributed by atoms with Crippen molar-refractivity contribution in [2.75, 3.05) is 6.54 Å². The molecule has 0 bridgehead atoms. The van der Waals surface area contributed by atoms with Gasteiger partial charge in [0.2, 0.25) is 5.89 Å². The highest BCUT2D eigenvalue weighted by Gasteiger charge is 2.39. The Morgan fingerprint density at radius 2 is 2.00 bits per heavy atom. The molecular weight excluding hydrogens is 257 g/mol. The molecule has 0 spiro atoms. The van der Waals surface area contributed by atoms with E-state index in [-0.39, 0.29) is 11.2 Å². The normalized spacial score (nSPS) is 17.5. The van der Waals surface area contributed by atoms with Crippen molar-refractivity contribution in [2.24, 2.45) is 5.73 Å². The summed E-state index contributed by atoms with van der Waals surface area (Å²) in [4.78, 5) is 4.45. The lowest BCUT2D eigenvalue weighted by Crippen LogP contribution is -2.32. The van der Waals surface area contributed by atoms with Crippen LogP contribution in [0.15, 0.2) is 28.8 Å². The Balaban J connectivity index is 1.82. The van der Waals surface area contributed by atoms with Gasteiger partial charge in [-0.25, -0.2) is 4.39 Å². The Hall–Kier alpha value is -1.75. The van der Waals surface area contributed by atoms with Crippen molar-refractivity contribution in [3.63, 3.8) is 0 Å². The molecule has 1 aromatic carbocycles. The molecule has 0 amide bonds. The van der Waals surface area contributed by atoms with E-state index in [1.165, 1.54) is 6.07 Å². The summed E-state index contributed by atoms with van der Waals surface area (Å²) in [7, 11) is 0. The molecule has 0 unspecified atom stereocenters. The van der Waals surface area contributed by atoms with Crippen LogP contribution >= 0.6 is 0 Å². The highest BCUT2D eigenvalue weighted by Crippen LogP contribution is 2.39. The fraction of sp³-hybridized carbons (Fsp3) is 0.467. The molecule has 4 nitrogen and oxygen atoms in total. The van der Waals surface area contributed by atoms with Crippen LogP contribution in [0.1, 0.15) is 43.0 Å². The standard InChI is InChI=1S/C15H18FN3O/c16-12-6-2-1-5-11(12)9-13-18-14(20-19-13)15(10-17)7-3-4-8-15/h1-2,5-6H,3-4,7-10,17H2. The van der Waals surface area contributed by atoms with E-state index in [1.807, 2.05) is 0 Å². The minimum absolute atomic E-state index is 0.166. The quantitative estimate of drug-likeness (QED) is 0.931. The van der Waals surface area contributed by atoms with Gasteiger partial charge in [0.1, 0.15) is 5.82 Å². The van der Waals surface area contributed by atoms with Crippen LogP contribution < -0.4 is 5.73 Å². The predicted octanol–water partition coefficient (Wildman–Crippen LogP) is 2.57. The fourth-order valence-electron chi connectivity index (χ4n) is 2.91. The molecule has 5 heteroatoms. The Morgan fingerprint density at radius 1 is 1.25 bits per heavy atom. The summed E-state index contributed by atoms with van der Waals surface area (Å²) in [5, 5.41) is 3.98. The second-order valence-corrected chi connectivity index (χ2v) is 5.48. The SMILES string of the molecule is NCC1(c2nc(Cc3ccccc3F)no2)CCCC1. The third kappa shape index (κ3) is 2.33. The Labute approximate surface area is 117 Å². The van der Waals surface area contributed by atoms with Crippen molar-refractivity contribution in [2.45, 2.75) is 37.5 Å². The maximum absolute atomic E-state index is 13.6. The maximum Gasteiger partial charge on any atom is 0.234 e. The first-order valence-corrected chi connectivity index (χ1v) is 7.00. The second kappa shape index (κ2) is 5.32. The third-order valence-electron chi connectivity index (χ3n) is 4.18. The molecule has 1 saturated carbocycles. The third-order valence-corrected chi connectivity index (χ3v) is 4.18. The molecule has 106 valence electrons. The van der Waals surface area contributed by atoms with E-state index in [0.29, 0.717) is 30.2 Å². The second-order valence-electron chi connectivity index (χ2n) is 5.48. The summed E-state index contributed by atoms with van der Waals surface area (Å²) in [6.07, 6.45) is 4.61. The first-order valence-electron chi connectivity index (χ1n) is 7.00. The summed E-state index contributed by atoms with van der Waals surface area (Å²) in [5.74, 6) is 0.891. The lowest BCUT2D eigenvalue weighted by molar-refractivity contribution is 0.283. The first-order chi connectivity index (χ1) is 9.73. The number of nitrogens with zero attached hydrogens (tertiary/aromatic N) is 2. The molecular formula is C15H18FN3O. The molecule has 1 aromatic heterocycles. The summed E-state index contributed by atoms with van der Waals surface area (Å²) in [6, 6.07) is 6.65. The van der Waals surface area contributed by atoms with E-state index in [9.17, 15) is 4.39 Å². The molecule has 1 fully saturated rings. The number of hydrogen-bond acceptors (Lipinski definition) is 4. The fourth-order valence-corrected chi connectivity index (χ4v) is 2.91. The van der Waals surface area contributed by atoms with Gasteiger partial charge >= 0.3 is 0 Å². The molecule has 2 aromatic rings. The molecule has 1 aliphatic rings. The highest BCUT2D eigenvalue weighted by molar-refractivity contribution is 5.21. The van der Waals surface area contributed by atoms with Crippen molar-refractivity contribution in [1.82, 2.24) is 10.1 Å². The van der Waals surface area contributed by atoms with Gasteiger partial charge in [0.05, 0.1) is 5.41 Å². The van der Waals surface area contributed by atoms with Crippen molar-refractivity contribution >= 4 is 0 Å². The number of nitrogens with two attached hydrogens (primary N) is 1. The summed E-state index contributed by atoms with van der Waals surface area (Å²) in [6.45, 7) is 0.522. The highest BCUT2D eigenvalue weighted by atomic mass is 19.1. The monoisotopic (exact) mass is 275 g/mol. The minimum atomic E-state index is -0.242. The zero-order chi connectivity index (χ0) is 14.0. The van der Waals surface area contributed by atoms with Gasteiger partial charge in [-0.05, 0) is 24.5 Å². The van der Waals surface area contributed by atoms with Crippen LogP contribution in [0, 0.1) is 5.82 Å². The Morgan fingerprint density at radius 3 is 2.70 bits per heavy atom. The number of halogens is 1. The van der Waals surface area contributed by atoms with Gasteiger partial charge in [-0.15, -0.1) is 0 Å². The van der Waals surface area contributed by atoms with E-state index >= 15 is 0 Å². The van der Waals surface area contributed by atoms with Crippen LogP contribution in [0.25, 0.3) is 0 Å². The maximum atomic E-state index is 13.6. The van der Waals surface area contributed by atoms with Crippen molar-refractivity contribution in [1.29, 1.82) is 0 Å². The smallest absolute Gasteiger partial charge is 0.234 e. The molecule has 1 aliphatic carbocycles. The van der Waals surface area contributed by atoms with E-state index in [2.05, 4.69) is 10.1 Å². The van der Waals surface area contributed by atoms with E-state index in [1.54, 1.807) is 18.2 Å². The lowest BCUT2D eigenvalue weighted by atomic mass is 9.86. The molecule has 0 radical (unpaired) electrons. The van der Waals surface area contributed by atoms with Crippen LogP contribution in [-0.4, -0.2) is 16.7 Å². The molecule has 20 heavy (non-hydrogen) atoms. The Kier molecular flexibility index (Phi) is 3.53. The number of aromatic nitrogens is 2. The average molecular weight is 275 g/mol. The van der Waals surface area contributed by atoms with Crippen LogP contribution in [-0.2, 0) is 11.8 Å². The van der Waals surface area contributed by atoms with Gasteiger partial charge in [0, 0.05) is 13.0 Å². The molecule has 2 N–H and O–H groups in total. The van der Waals surface area contributed by atoms with Crippen molar-refractivity contribution < 1.29 is 8.91 Å². The van der Waals surface area contributed by atoms with Crippen molar-refractivity contribution in [3.8, 4) is 0 Å². The predicted molar refractivity (Wildman–Crippen MR) is 72.7 cm³/mol. The molecule has 0 atom stereocenters. The summed E-state index contributed by atoms with van der Waals surface area (Å²) < 4.78 is 19.0. The van der Waals surface area contributed by atoms with E-state index in [4.69, 9.17) is 10.3 Å². The Bertz CT molecular complexity index is 590. The van der Waals surface area contributed by atoms with Crippen LogP contribution in [0.4, 0.5) is 4.39 Å². The van der Waals surface area contributed by atoms with Crippen molar-refractivity contribution in [3.05, 3.63) is 47.4 Å². The van der Waals surface area contributed by atoms with E-state index in [0.717, 1.165) is 25.7 Å². The van der Waals surface area contributed by atoms with Gasteiger partial charge in [0.15, 0.2) is 5.82 Å². The van der Waals surface area contributed by atoms with Crippen LogP contribution in [0.5, 0.6) is 0 Å². The van der Waals surface area contributed by atoms with Crippen LogP contribution in [0.3, 0.4) is 0 Å². The van der Waals surface area contributed by atoms with Gasteiger partial charge in [-0.2, -0.15) is 4.98 Å². The van der Waals surface area contributed by atoms with Gasteiger partial charge in [0.25, 0.3) is 0 Å². The van der Waals surface area contributed by atoms with Gasteiger partial charge in [-0.1, -0.05) is 36.2 Å². The van der Waals surface area contributed by atoms with Gasteiger partial charge in [-0.3, -0.25) is 0 Å². The number of benzene rings is 1. The zero-order valence-corrected chi connectivity index (χ0v) is 11.3. The number of rotatable bonds is 4. The number of hydrogen-bond donors (Lipinski definition) is 1. The summed E-state index contributed by atoms with van der Waals surface area (Å²) in [5.41, 5.74) is 6.31.